The molecule has 0 aromatic heterocycles. The molecule has 0 heterocycles. The lowest BCUT2D eigenvalue weighted by molar-refractivity contribution is -0.116. The van der Waals surface area contributed by atoms with Gasteiger partial charge in [-0.2, -0.15) is 0 Å². The molecule has 1 unspecified atom stereocenters. The average Bonchev–Trinajstić information content (AvgIpc) is 2.61. The second-order valence-electron chi connectivity index (χ2n) is 6.21. The zero-order valence-electron chi connectivity index (χ0n) is 15.0. The number of nitrogen functional groups attached to an aromatic ring is 1. The van der Waals surface area contributed by atoms with E-state index in [-0.39, 0.29) is 23.3 Å². The molecule has 0 aliphatic carbocycles. The summed E-state index contributed by atoms with van der Waals surface area (Å²) in [6, 6.07) is 13.5. The van der Waals surface area contributed by atoms with E-state index < -0.39 is 10.0 Å². The number of hydrogen-bond acceptors (Lipinski definition) is 4. The number of anilines is 2. The molecule has 1 amide bonds. The Kier molecular flexibility index (Phi) is 6.76. The van der Waals surface area contributed by atoms with E-state index in [1.54, 1.807) is 25.1 Å². The molecule has 0 aliphatic heterocycles. The molecule has 2 aromatic rings. The van der Waals surface area contributed by atoms with Crippen molar-refractivity contribution < 1.29 is 13.2 Å². The average molecular weight is 375 g/mol. The Labute approximate surface area is 154 Å². The van der Waals surface area contributed by atoms with Crippen LogP contribution in [0.2, 0.25) is 0 Å². The van der Waals surface area contributed by atoms with Crippen LogP contribution in [0.25, 0.3) is 0 Å². The fraction of sp³-hybridized carbons (Fsp3) is 0.316. The van der Waals surface area contributed by atoms with Crippen molar-refractivity contribution in [1.82, 2.24) is 4.72 Å². The monoisotopic (exact) mass is 375 g/mol. The van der Waals surface area contributed by atoms with E-state index in [0.29, 0.717) is 24.2 Å². The molecule has 2 aromatic carbocycles. The van der Waals surface area contributed by atoms with Crippen LogP contribution in [0.4, 0.5) is 11.4 Å². The number of sulfonamides is 1. The summed E-state index contributed by atoms with van der Waals surface area (Å²) in [5.74, 6) is -0.197. The van der Waals surface area contributed by atoms with Gasteiger partial charge in [-0.25, -0.2) is 13.1 Å². The molecule has 0 bridgehead atoms. The van der Waals surface area contributed by atoms with Gasteiger partial charge in [0.25, 0.3) is 0 Å². The summed E-state index contributed by atoms with van der Waals surface area (Å²) in [5.41, 5.74) is 7.89. The van der Waals surface area contributed by atoms with Crippen LogP contribution in [0.15, 0.2) is 53.4 Å². The van der Waals surface area contributed by atoms with E-state index in [1.807, 2.05) is 25.1 Å². The fourth-order valence-corrected chi connectivity index (χ4v) is 3.76. The van der Waals surface area contributed by atoms with Gasteiger partial charge in [-0.05, 0) is 49.6 Å². The van der Waals surface area contributed by atoms with Crippen LogP contribution in [-0.4, -0.2) is 20.4 Å². The van der Waals surface area contributed by atoms with Crippen molar-refractivity contribution in [3.63, 3.8) is 0 Å². The van der Waals surface area contributed by atoms with Crippen molar-refractivity contribution in [3.8, 4) is 0 Å². The molecule has 6 nitrogen and oxygen atoms in total. The highest BCUT2D eigenvalue weighted by Gasteiger charge is 2.17. The Balaban J connectivity index is 2.01. The minimum Gasteiger partial charge on any atom is -0.399 e. The third-order valence-corrected chi connectivity index (χ3v) is 5.66. The minimum atomic E-state index is -3.61. The largest absolute Gasteiger partial charge is 0.399 e. The zero-order valence-corrected chi connectivity index (χ0v) is 15.8. The summed E-state index contributed by atoms with van der Waals surface area (Å²) in [6.45, 7) is 3.71. The number of aryl methyl sites for hydroxylation is 1. The molecule has 0 radical (unpaired) electrons. The van der Waals surface area contributed by atoms with Crippen LogP contribution >= 0.6 is 0 Å². The summed E-state index contributed by atoms with van der Waals surface area (Å²) in [5, 5.41) is 2.74. The van der Waals surface area contributed by atoms with Gasteiger partial charge in [0, 0.05) is 23.8 Å². The summed E-state index contributed by atoms with van der Waals surface area (Å²) < 4.78 is 27.3. The van der Waals surface area contributed by atoms with E-state index in [4.69, 9.17) is 5.73 Å². The lowest BCUT2D eigenvalue weighted by Gasteiger charge is -2.13. The highest BCUT2D eigenvalue weighted by atomic mass is 32.2. The number of amides is 1. The van der Waals surface area contributed by atoms with Gasteiger partial charge >= 0.3 is 0 Å². The molecule has 1 atom stereocenters. The molecule has 140 valence electrons. The second-order valence-corrected chi connectivity index (χ2v) is 7.92. The first kappa shape index (κ1) is 19.9. The third kappa shape index (κ3) is 5.57. The molecule has 0 saturated carbocycles. The van der Waals surface area contributed by atoms with Gasteiger partial charge in [-0.3, -0.25) is 4.79 Å². The van der Waals surface area contributed by atoms with E-state index in [2.05, 4.69) is 10.0 Å². The second kappa shape index (κ2) is 8.82. The van der Waals surface area contributed by atoms with Crippen LogP contribution < -0.4 is 15.8 Å². The van der Waals surface area contributed by atoms with Crippen molar-refractivity contribution in [2.24, 2.45) is 0 Å². The van der Waals surface area contributed by atoms with Gasteiger partial charge in [0.05, 0.1) is 4.90 Å². The van der Waals surface area contributed by atoms with Crippen molar-refractivity contribution in [2.45, 2.75) is 44.0 Å². The topological polar surface area (TPSA) is 101 Å². The van der Waals surface area contributed by atoms with Crippen molar-refractivity contribution >= 4 is 27.3 Å². The number of rotatable bonds is 8. The van der Waals surface area contributed by atoms with Crippen LogP contribution in [-0.2, 0) is 21.2 Å². The SMILES string of the molecule is CCC(C)NS(=O)(=O)c1cccc(NC(=O)CCc2ccccc2N)c1. The van der Waals surface area contributed by atoms with E-state index in [1.165, 1.54) is 12.1 Å². The molecule has 2 rings (SSSR count). The number of nitrogens with one attached hydrogen (secondary N) is 2. The number of nitrogens with two attached hydrogens (primary N) is 1. The number of benzene rings is 2. The quantitative estimate of drug-likeness (QED) is 0.618. The first-order valence-electron chi connectivity index (χ1n) is 8.57. The van der Waals surface area contributed by atoms with Gasteiger partial charge in [-0.1, -0.05) is 31.2 Å². The number of carbonyl (C=O) groups excluding carboxylic acids is 1. The van der Waals surface area contributed by atoms with E-state index >= 15 is 0 Å². The van der Waals surface area contributed by atoms with Crippen molar-refractivity contribution in [1.29, 1.82) is 0 Å². The van der Waals surface area contributed by atoms with Gasteiger partial charge in [-0.15, -0.1) is 0 Å². The molecule has 0 spiro atoms. The molecule has 0 aliphatic rings. The first-order valence-corrected chi connectivity index (χ1v) is 10.1. The number of hydrogen-bond donors (Lipinski definition) is 3. The lowest BCUT2D eigenvalue weighted by atomic mass is 10.1. The summed E-state index contributed by atoms with van der Waals surface area (Å²) in [4.78, 5) is 12.3. The Morgan fingerprint density at radius 1 is 1.15 bits per heavy atom. The molecule has 4 N–H and O–H groups in total. The third-order valence-electron chi connectivity index (χ3n) is 4.07. The first-order chi connectivity index (χ1) is 12.3. The molecular weight excluding hydrogens is 350 g/mol. The maximum Gasteiger partial charge on any atom is 0.240 e. The van der Waals surface area contributed by atoms with Crippen molar-refractivity contribution in [3.05, 3.63) is 54.1 Å². The van der Waals surface area contributed by atoms with Crippen LogP contribution in [0.5, 0.6) is 0 Å². The highest BCUT2D eigenvalue weighted by Crippen LogP contribution is 2.17. The van der Waals surface area contributed by atoms with Gasteiger partial charge in [0.15, 0.2) is 0 Å². The molecule has 0 fully saturated rings. The highest BCUT2D eigenvalue weighted by molar-refractivity contribution is 7.89. The van der Waals surface area contributed by atoms with Gasteiger partial charge in [0.1, 0.15) is 0 Å². The minimum absolute atomic E-state index is 0.128. The Morgan fingerprint density at radius 2 is 1.88 bits per heavy atom. The summed E-state index contributed by atoms with van der Waals surface area (Å²) in [6.07, 6.45) is 1.47. The molecular formula is C19H25N3O3S. The van der Waals surface area contributed by atoms with E-state index in [0.717, 1.165) is 5.56 Å². The molecule has 26 heavy (non-hydrogen) atoms. The normalized spacial score (nSPS) is 12.5. The van der Waals surface area contributed by atoms with Crippen molar-refractivity contribution in [2.75, 3.05) is 11.1 Å². The fourth-order valence-electron chi connectivity index (χ4n) is 2.39. The lowest BCUT2D eigenvalue weighted by Crippen LogP contribution is -2.32. The zero-order chi connectivity index (χ0) is 19.2. The van der Waals surface area contributed by atoms with Crippen LogP contribution in [0.1, 0.15) is 32.3 Å². The van der Waals surface area contributed by atoms with Gasteiger partial charge in [0.2, 0.25) is 15.9 Å². The Morgan fingerprint density at radius 3 is 2.58 bits per heavy atom. The Bertz CT molecular complexity index is 866. The predicted octanol–water partition coefficient (Wildman–Crippen LogP) is 2.92. The smallest absolute Gasteiger partial charge is 0.240 e. The predicted molar refractivity (Wildman–Crippen MR) is 104 cm³/mol. The standard InChI is InChI=1S/C19H25N3O3S/c1-3-14(2)22-26(24,25)17-9-6-8-16(13-17)21-19(23)12-11-15-7-4-5-10-18(15)20/h4-10,13-14,22H,3,11-12,20H2,1-2H3,(H,21,23). The van der Waals surface area contributed by atoms with Gasteiger partial charge < -0.3 is 11.1 Å². The maximum absolute atomic E-state index is 12.3. The van der Waals surface area contributed by atoms with Crippen LogP contribution in [0.3, 0.4) is 0 Å². The summed E-state index contributed by atoms with van der Waals surface area (Å²) in [7, 11) is -3.61. The molecule has 7 heteroatoms. The number of para-hydroxylation sites is 1. The number of carbonyl (C=O) groups is 1. The Hall–Kier alpha value is -2.38. The summed E-state index contributed by atoms with van der Waals surface area (Å²) >= 11 is 0. The molecule has 0 saturated heterocycles. The van der Waals surface area contributed by atoms with E-state index in [9.17, 15) is 13.2 Å². The maximum atomic E-state index is 12.3. The van der Waals surface area contributed by atoms with Crippen LogP contribution in [0, 0.1) is 0 Å².